The van der Waals surface area contributed by atoms with Crippen molar-refractivity contribution in [2.45, 2.75) is 12.3 Å². The summed E-state index contributed by atoms with van der Waals surface area (Å²) in [7, 11) is 0. The van der Waals surface area contributed by atoms with Crippen LogP contribution in [0.1, 0.15) is 23.9 Å². The van der Waals surface area contributed by atoms with Crippen LogP contribution in [0.15, 0.2) is 6.20 Å². The maximum atomic E-state index is 12.4. The van der Waals surface area contributed by atoms with Crippen LogP contribution in [0.25, 0.3) is 0 Å². The first-order valence-electron chi connectivity index (χ1n) is 4.16. The Kier molecular flexibility index (Phi) is 2.54. The third kappa shape index (κ3) is 1.66. The highest BCUT2D eigenvalue weighted by Gasteiger charge is 2.25. The number of nitrogens with zero attached hydrogens (tertiary/aromatic N) is 2. The molecule has 3 nitrogen and oxygen atoms in total. The van der Waals surface area contributed by atoms with Gasteiger partial charge in [0.05, 0.1) is 11.9 Å². The van der Waals surface area contributed by atoms with Crippen LogP contribution in [0.4, 0.5) is 14.5 Å². The summed E-state index contributed by atoms with van der Waals surface area (Å²) in [6, 6.07) is 0. The second kappa shape index (κ2) is 3.68. The van der Waals surface area contributed by atoms with Crippen molar-refractivity contribution in [2.24, 2.45) is 0 Å². The van der Waals surface area contributed by atoms with E-state index >= 15 is 0 Å². The average molecular weight is 217 g/mol. The Morgan fingerprint density at radius 2 is 2.21 bits per heavy atom. The predicted octanol–water partition coefficient (Wildman–Crippen LogP) is 1.83. The molecule has 0 aliphatic carbocycles. The van der Waals surface area contributed by atoms with Crippen LogP contribution in [0, 0.1) is 0 Å². The number of hydrogen-bond acceptors (Lipinski definition) is 4. The van der Waals surface area contributed by atoms with E-state index in [4.69, 9.17) is 5.73 Å². The number of alkyl halides is 2. The van der Waals surface area contributed by atoms with Gasteiger partial charge in [0.1, 0.15) is 11.5 Å². The first-order chi connectivity index (χ1) is 6.68. The topological polar surface area (TPSA) is 51.8 Å². The van der Waals surface area contributed by atoms with Crippen molar-refractivity contribution in [3.63, 3.8) is 0 Å². The second-order valence-corrected chi connectivity index (χ2v) is 4.18. The molecule has 1 aromatic rings. The number of nitrogens with two attached hydrogens (primary N) is 1. The normalized spacial score (nSPS) is 17.1. The third-order valence-corrected chi connectivity index (χ3v) is 3.35. The van der Waals surface area contributed by atoms with Gasteiger partial charge < -0.3 is 5.73 Å². The van der Waals surface area contributed by atoms with Gasteiger partial charge in [0.15, 0.2) is 0 Å². The van der Waals surface area contributed by atoms with Crippen molar-refractivity contribution < 1.29 is 8.78 Å². The van der Waals surface area contributed by atoms with Crippen molar-refractivity contribution in [1.82, 2.24) is 9.97 Å². The van der Waals surface area contributed by atoms with Gasteiger partial charge in [-0.3, -0.25) is 0 Å². The van der Waals surface area contributed by atoms with Crippen LogP contribution < -0.4 is 5.73 Å². The quantitative estimate of drug-likeness (QED) is 0.821. The Morgan fingerprint density at radius 3 is 2.71 bits per heavy atom. The first kappa shape index (κ1) is 9.64. The summed E-state index contributed by atoms with van der Waals surface area (Å²) >= 11 is 1.76. The minimum atomic E-state index is -2.62. The van der Waals surface area contributed by atoms with Gasteiger partial charge >= 0.3 is 0 Å². The zero-order valence-corrected chi connectivity index (χ0v) is 8.10. The van der Waals surface area contributed by atoms with Crippen molar-refractivity contribution >= 4 is 17.4 Å². The molecule has 14 heavy (non-hydrogen) atoms. The molecule has 0 aromatic carbocycles. The Morgan fingerprint density at radius 1 is 1.50 bits per heavy atom. The van der Waals surface area contributed by atoms with Crippen molar-refractivity contribution in [2.75, 3.05) is 17.2 Å². The molecule has 1 aromatic heterocycles. The summed E-state index contributed by atoms with van der Waals surface area (Å²) in [4.78, 5) is 7.75. The number of halogens is 2. The largest absolute Gasteiger partial charge is 0.396 e. The maximum absolute atomic E-state index is 12.4. The fourth-order valence-corrected chi connectivity index (χ4v) is 1.94. The fourth-order valence-electron chi connectivity index (χ4n) is 1.17. The monoisotopic (exact) mass is 217 g/mol. The van der Waals surface area contributed by atoms with E-state index in [1.807, 2.05) is 0 Å². The van der Waals surface area contributed by atoms with Crippen molar-refractivity contribution in [1.29, 1.82) is 0 Å². The zero-order chi connectivity index (χ0) is 10.1. The summed E-state index contributed by atoms with van der Waals surface area (Å²) in [6.45, 7) is 0. The van der Waals surface area contributed by atoms with Gasteiger partial charge in [0, 0.05) is 17.4 Å². The lowest BCUT2D eigenvalue weighted by molar-refractivity contribution is 0.146. The molecule has 2 rings (SSSR count). The van der Waals surface area contributed by atoms with E-state index in [-0.39, 0.29) is 17.3 Å². The molecule has 0 amide bonds. The summed E-state index contributed by atoms with van der Waals surface area (Å²) in [5.41, 5.74) is 4.97. The molecule has 1 aliphatic heterocycles. The number of rotatable bonds is 2. The number of nitrogen functional groups attached to an aromatic ring is 1. The van der Waals surface area contributed by atoms with Gasteiger partial charge in [-0.25, -0.2) is 18.7 Å². The third-order valence-electron chi connectivity index (χ3n) is 2.08. The molecule has 0 saturated carbocycles. The standard InChI is InChI=1S/C8H9F2N3S/c9-7(10)6-5(11)1-12-8(13-6)4-2-14-3-4/h1,4,7H,2-3,11H2. The van der Waals surface area contributed by atoms with E-state index in [9.17, 15) is 8.78 Å². The van der Waals surface area contributed by atoms with Crippen molar-refractivity contribution in [3.05, 3.63) is 17.7 Å². The molecule has 2 heterocycles. The molecule has 1 fully saturated rings. The maximum Gasteiger partial charge on any atom is 0.282 e. The first-order valence-corrected chi connectivity index (χ1v) is 5.32. The molecule has 6 heteroatoms. The number of hydrogen-bond donors (Lipinski definition) is 1. The Labute approximate surface area is 84.1 Å². The summed E-state index contributed by atoms with van der Waals surface area (Å²) in [6.07, 6.45) is -1.35. The van der Waals surface area contributed by atoms with E-state index in [1.165, 1.54) is 6.20 Å². The molecule has 0 atom stereocenters. The summed E-state index contributed by atoms with van der Waals surface area (Å²) in [5.74, 6) is 2.53. The molecule has 0 radical (unpaired) electrons. The smallest absolute Gasteiger partial charge is 0.282 e. The van der Waals surface area contributed by atoms with E-state index < -0.39 is 6.43 Å². The lowest BCUT2D eigenvalue weighted by Gasteiger charge is -2.23. The highest BCUT2D eigenvalue weighted by molar-refractivity contribution is 8.00. The number of thioether (sulfide) groups is 1. The molecule has 1 aliphatic rings. The minimum absolute atomic E-state index is 0.0317. The molecular formula is C8H9F2N3S. The molecule has 0 bridgehead atoms. The van der Waals surface area contributed by atoms with E-state index in [2.05, 4.69) is 9.97 Å². The summed E-state index contributed by atoms with van der Waals surface area (Å²) in [5, 5.41) is 0. The lowest BCUT2D eigenvalue weighted by atomic mass is 10.2. The lowest BCUT2D eigenvalue weighted by Crippen LogP contribution is -2.19. The molecule has 76 valence electrons. The molecule has 0 unspecified atom stereocenters. The Hall–Kier alpha value is -0.910. The second-order valence-electron chi connectivity index (χ2n) is 3.10. The van der Waals surface area contributed by atoms with Gasteiger partial charge in [0.2, 0.25) is 0 Å². The molecule has 1 saturated heterocycles. The van der Waals surface area contributed by atoms with Crippen LogP contribution in [-0.4, -0.2) is 21.5 Å². The average Bonchev–Trinajstić information content (AvgIpc) is 2.04. The Balaban J connectivity index is 2.30. The SMILES string of the molecule is Nc1cnc(C2CSC2)nc1C(F)F. The van der Waals surface area contributed by atoms with Gasteiger partial charge in [0.25, 0.3) is 6.43 Å². The van der Waals surface area contributed by atoms with Gasteiger partial charge in [-0.05, 0) is 0 Å². The summed E-state index contributed by atoms with van der Waals surface area (Å²) < 4.78 is 24.8. The fraction of sp³-hybridized carbons (Fsp3) is 0.500. The van der Waals surface area contributed by atoms with E-state index in [1.54, 1.807) is 11.8 Å². The molecule has 0 spiro atoms. The highest BCUT2D eigenvalue weighted by Crippen LogP contribution is 2.33. The van der Waals surface area contributed by atoms with Crippen LogP contribution in [0.5, 0.6) is 0 Å². The Bertz CT molecular complexity index is 341. The van der Waals surface area contributed by atoms with E-state index in [0.29, 0.717) is 5.82 Å². The molecular weight excluding hydrogens is 208 g/mol. The van der Waals surface area contributed by atoms with Crippen LogP contribution >= 0.6 is 11.8 Å². The van der Waals surface area contributed by atoms with Gasteiger partial charge in [-0.1, -0.05) is 0 Å². The van der Waals surface area contributed by atoms with Crippen LogP contribution in [0.2, 0.25) is 0 Å². The minimum Gasteiger partial charge on any atom is -0.396 e. The predicted molar refractivity (Wildman–Crippen MR) is 51.5 cm³/mol. The highest BCUT2D eigenvalue weighted by atomic mass is 32.2. The zero-order valence-electron chi connectivity index (χ0n) is 7.28. The van der Waals surface area contributed by atoms with Gasteiger partial charge in [-0.15, -0.1) is 0 Å². The van der Waals surface area contributed by atoms with Crippen LogP contribution in [0.3, 0.4) is 0 Å². The van der Waals surface area contributed by atoms with E-state index in [0.717, 1.165) is 11.5 Å². The number of aromatic nitrogens is 2. The van der Waals surface area contributed by atoms with Crippen molar-refractivity contribution in [3.8, 4) is 0 Å². The number of anilines is 1. The molecule has 2 N–H and O–H groups in total. The van der Waals surface area contributed by atoms with Crippen LogP contribution in [-0.2, 0) is 0 Å². The van der Waals surface area contributed by atoms with Gasteiger partial charge in [-0.2, -0.15) is 11.8 Å².